The Morgan fingerprint density at radius 3 is 2.57 bits per heavy atom. The Hall–Kier alpha value is -2.27. The Labute approximate surface area is 128 Å². The van der Waals surface area contributed by atoms with Crippen molar-refractivity contribution < 1.29 is 9.18 Å². The van der Waals surface area contributed by atoms with Gasteiger partial charge < -0.3 is 10.6 Å². The van der Waals surface area contributed by atoms with E-state index in [9.17, 15) is 9.18 Å². The molecule has 2 rings (SSSR count). The number of thiocarbonyl (C=S) groups is 1. The molecule has 0 amide bonds. The van der Waals surface area contributed by atoms with E-state index in [-0.39, 0.29) is 11.6 Å². The summed E-state index contributed by atoms with van der Waals surface area (Å²) >= 11 is 5.19. The first kappa shape index (κ1) is 15.1. The van der Waals surface area contributed by atoms with Gasteiger partial charge in [0.1, 0.15) is 5.82 Å². The normalized spacial score (nSPS) is 10.0. The Morgan fingerprint density at radius 2 is 1.90 bits per heavy atom. The second kappa shape index (κ2) is 6.95. The van der Waals surface area contributed by atoms with Crippen LogP contribution in [-0.4, -0.2) is 10.9 Å². The molecule has 2 N–H and O–H groups in total. The van der Waals surface area contributed by atoms with Crippen molar-refractivity contribution in [1.29, 1.82) is 0 Å². The number of ketones is 1. The SMILES string of the molecule is CC(=O)c1cccc(NC(=S)NCc2ccc(F)cc2)c1. The molecule has 5 heteroatoms. The number of carbonyl (C=O) groups is 1. The third-order valence-corrected chi connectivity index (χ3v) is 3.14. The van der Waals surface area contributed by atoms with E-state index in [0.717, 1.165) is 11.3 Å². The van der Waals surface area contributed by atoms with Gasteiger partial charge in [0.05, 0.1) is 0 Å². The van der Waals surface area contributed by atoms with E-state index in [2.05, 4.69) is 10.6 Å². The molecule has 0 saturated carbocycles. The van der Waals surface area contributed by atoms with Crippen molar-refractivity contribution in [3.8, 4) is 0 Å². The predicted octanol–water partition coefficient (Wildman–Crippen LogP) is 3.51. The summed E-state index contributed by atoms with van der Waals surface area (Å²) in [7, 11) is 0. The monoisotopic (exact) mass is 302 g/mol. The highest BCUT2D eigenvalue weighted by molar-refractivity contribution is 7.80. The highest BCUT2D eigenvalue weighted by atomic mass is 32.1. The van der Waals surface area contributed by atoms with Gasteiger partial charge in [0, 0.05) is 17.8 Å². The van der Waals surface area contributed by atoms with Crippen molar-refractivity contribution in [3.05, 3.63) is 65.5 Å². The van der Waals surface area contributed by atoms with Crippen LogP contribution < -0.4 is 10.6 Å². The Kier molecular flexibility index (Phi) is 5.00. The van der Waals surface area contributed by atoms with Crippen LogP contribution in [-0.2, 0) is 6.54 Å². The number of nitrogens with one attached hydrogen (secondary N) is 2. The minimum absolute atomic E-state index is 0.00356. The van der Waals surface area contributed by atoms with Gasteiger partial charge in [0.25, 0.3) is 0 Å². The average molecular weight is 302 g/mol. The minimum Gasteiger partial charge on any atom is -0.358 e. The molecule has 0 saturated heterocycles. The number of rotatable bonds is 4. The second-order valence-corrected chi connectivity index (χ2v) is 4.98. The van der Waals surface area contributed by atoms with Gasteiger partial charge in [-0.25, -0.2) is 4.39 Å². The van der Waals surface area contributed by atoms with Crippen LogP contribution in [0.2, 0.25) is 0 Å². The maximum absolute atomic E-state index is 12.8. The number of carbonyl (C=O) groups excluding carboxylic acids is 1. The van der Waals surface area contributed by atoms with Gasteiger partial charge in [-0.1, -0.05) is 24.3 Å². The first-order chi connectivity index (χ1) is 10.0. The third kappa shape index (κ3) is 4.65. The van der Waals surface area contributed by atoms with Crippen molar-refractivity contribution in [2.45, 2.75) is 13.5 Å². The Bertz CT molecular complexity index is 656. The quantitative estimate of drug-likeness (QED) is 0.670. The molecule has 2 aromatic carbocycles. The number of hydrogen-bond donors (Lipinski definition) is 2. The maximum Gasteiger partial charge on any atom is 0.171 e. The average Bonchev–Trinajstić information content (AvgIpc) is 2.47. The number of anilines is 1. The van der Waals surface area contributed by atoms with Gasteiger partial charge in [-0.2, -0.15) is 0 Å². The molecule has 0 radical (unpaired) electrons. The minimum atomic E-state index is -0.263. The summed E-state index contributed by atoms with van der Waals surface area (Å²) in [5.41, 5.74) is 2.30. The van der Waals surface area contributed by atoms with Crippen LogP contribution in [0.3, 0.4) is 0 Å². The lowest BCUT2D eigenvalue weighted by atomic mass is 10.1. The van der Waals surface area contributed by atoms with E-state index in [1.165, 1.54) is 19.1 Å². The lowest BCUT2D eigenvalue weighted by Gasteiger charge is -2.11. The van der Waals surface area contributed by atoms with Crippen molar-refractivity contribution in [1.82, 2.24) is 5.32 Å². The van der Waals surface area contributed by atoms with E-state index in [1.54, 1.807) is 30.3 Å². The number of halogens is 1. The molecule has 21 heavy (non-hydrogen) atoms. The molecular formula is C16H15FN2OS. The number of benzene rings is 2. The van der Waals surface area contributed by atoms with Crippen LogP contribution in [0, 0.1) is 5.82 Å². The summed E-state index contributed by atoms with van der Waals surface area (Å²) in [5, 5.41) is 6.49. The van der Waals surface area contributed by atoms with Gasteiger partial charge in [0.2, 0.25) is 0 Å². The third-order valence-electron chi connectivity index (χ3n) is 2.89. The fraction of sp³-hybridized carbons (Fsp3) is 0.125. The molecule has 3 nitrogen and oxygen atoms in total. The molecule has 0 aliphatic rings. The molecule has 0 aromatic heterocycles. The molecule has 0 heterocycles. The lowest BCUT2D eigenvalue weighted by molar-refractivity contribution is 0.101. The number of Topliss-reactive ketones (excluding diaryl/α,β-unsaturated/α-hetero) is 1. The topological polar surface area (TPSA) is 41.1 Å². The molecule has 108 valence electrons. The van der Waals surface area contributed by atoms with E-state index in [0.29, 0.717) is 17.2 Å². The van der Waals surface area contributed by atoms with E-state index in [4.69, 9.17) is 12.2 Å². The van der Waals surface area contributed by atoms with Gasteiger partial charge in [-0.05, 0) is 49.0 Å². The summed E-state index contributed by atoms with van der Waals surface area (Å²) in [6.45, 7) is 2.02. The first-order valence-electron chi connectivity index (χ1n) is 6.45. The Morgan fingerprint density at radius 1 is 1.19 bits per heavy atom. The highest BCUT2D eigenvalue weighted by Gasteiger charge is 2.02. The first-order valence-corrected chi connectivity index (χ1v) is 6.86. The van der Waals surface area contributed by atoms with Crippen molar-refractivity contribution in [2.75, 3.05) is 5.32 Å². The maximum atomic E-state index is 12.8. The zero-order valence-electron chi connectivity index (χ0n) is 11.5. The van der Waals surface area contributed by atoms with Crippen LogP contribution in [0.4, 0.5) is 10.1 Å². The van der Waals surface area contributed by atoms with Crippen LogP contribution >= 0.6 is 12.2 Å². The van der Waals surface area contributed by atoms with E-state index >= 15 is 0 Å². The predicted molar refractivity (Wildman–Crippen MR) is 85.9 cm³/mol. The molecule has 0 aliphatic heterocycles. The molecule has 0 aliphatic carbocycles. The number of hydrogen-bond acceptors (Lipinski definition) is 2. The van der Waals surface area contributed by atoms with Crippen LogP contribution in [0.15, 0.2) is 48.5 Å². The molecule has 0 unspecified atom stereocenters. The summed E-state index contributed by atoms with van der Waals surface area (Å²) in [4.78, 5) is 11.3. The van der Waals surface area contributed by atoms with E-state index in [1.807, 2.05) is 6.07 Å². The van der Waals surface area contributed by atoms with Crippen LogP contribution in [0.5, 0.6) is 0 Å². The van der Waals surface area contributed by atoms with Crippen molar-refractivity contribution in [2.24, 2.45) is 0 Å². The molecular weight excluding hydrogens is 287 g/mol. The Balaban J connectivity index is 1.91. The second-order valence-electron chi connectivity index (χ2n) is 4.57. The summed E-state index contributed by atoms with van der Waals surface area (Å²) < 4.78 is 12.8. The molecule has 0 spiro atoms. The van der Waals surface area contributed by atoms with Crippen LogP contribution in [0.25, 0.3) is 0 Å². The fourth-order valence-electron chi connectivity index (χ4n) is 1.78. The van der Waals surface area contributed by atoms with Crippen molar-refractivity contribution >= 4 is 28.8 Å². The van der Waals surface area contributed by atoms with Crippen molar-refractivity contribution in [3.63, 3.8) is 0 Å². The standard InChI is InChI=1S/C16H15FN2OS/c1-11(20)13-3-2-4-15(9-13)19-16(21)18-10-12-5-7-14(17)8-6-12/h2-9H,10H2,1H3,(H2,18,19,21). The molecule has 0 atom stereocenters. The molecule has 0 bridgehead atoms. The van der Waals surface area contributed by atoms with Gasteiger partial charge >= 0.3 is 0 Å². The van der Waals surface area contributed by atoms with E-state index < -0.39 is 0 Å². The molecule has 2 aromatic rings. The summed E-state index contributed by atoms with van der Waals surface area (Å²) in [6, 6.07) is 13.3. The largest absolute Gasteiger partial charge is 0.358 e. The molecule has 0 fully saturated rings. The zero-order valence-corrected chi connectivity index (χ0v) is 12.3. The van der Waals surface area contributed by atoms with Gasteiger partial charge in [-0.3, -0.25) is 4.79 Å². The van der Waals surface area contributed by atoms with Crippen LogP contribution in [0.1, 0.15) is 22.8 Å². The van der Waals surface area contributed by atoms with Gasteiger partial charge in [0.15, 0.2) is 10.9 Å². The fourth-order valence-corrected chi connectivity index (χ4v) is 1.97. The van der Waals surface area contributed by atoms with Gasteiger partial charge in [-0.15, -0.1) is 0 Å². The summed E-state index contributed by atoms with van der Waals surface area (Å²) in [6.07, 6.45) is 0. The lowest BCUT2D eigenvalue weighted by Crippen LogP contribution is -2.27. The zero-order chi connectivity index (χ0) is 15.2. The smallest absolute Gasteiger partial charge is 0.171 e. The summed E-state index contributed by atoms with van der Waals surface area (Å²) in [5.74, 6) is -0.260. The highest BCUT2D eigenvalue weighted by Crippen LogP contribution is 2.11.